The number of carbonyl (C=O) groups is 1. The summed E-state index contributed by atoms with van der Waals surface area (Å²) in [5.41, 5.74) is 4.08. The van der Waals surface area contributed by atoms with Gasteiger partial charge in [-0.15, -0.1) is 11.3 Å². The van der Waals surface area contributed by atoms with Crippen molar-refractivity contribution < 1.29 is 4.79 Å². The fraction of sp³-hybridized carbons (Fsp3) is 0.188. The Balaban J connectivity index is 1.94. The Morgan fingerprint density at radius 1 is 1.30 bits per heavy atom. The molecule has 0 radical (unpaired) electrons. The molecule has 0 fully saturated rings. The number of benzene rings is 1. The van der Waals surface area contributed by atoms with Crippen molar-refractivity contribution in [2.24, 2.45) is 7.05 Å². The lowest BCUT2D eigenvalue weighted by Crippen LogP contribution is -2.29. The number of halogens is 1. The third-order valence-electron chi connectivity index (χ3n) is 3.46. The molecule has 5 nitrogen and oxygen atoms in total. The SMILES string of the molecule is Cc1ncsc1C(=O)N[C@H](c1ccc(Cl)cc1)c1ccn(C)n1. The Morgan fingerprint density at radius 3 is 2.61 bits per heavy atom. The molecule has 23 heavy (non-hydrogen) atoms. The summed E-state index contributed by atoms with van der Waals surface area (Å²) in [4.78, 5) is 17.3. The zero-order chi connectivity index (χ0) is 16.4. The van der Waals surface area contributed by atoms with Gasteiger partial charge in [0.2, 0.25) is 0 Å². The number of nitrogens with zero attached hydrogens (tertiary/aromatic N) is 3. The summed E-state index contributed by atoms with van der Waals surface area (Å²) < 4.78 is 1.71. The van der Waals surface area contributed by atoms with Crippen LogP contribution in [0, 0.1) is 6.92 Å². The maximum atomic E-state index is 12.6. The molecule has 0 spiro atoms. The van der Waals surface area contributed by atoms with Gasteiger partial charge in [-0.05, 0) is 30.7 Å². The first-order chi connectivity index (χ1) is 11.0. The van der Waals surface area contributed by atoms with E-state index >= 15 is 0 Å². The molecule has 3 rings (SSSR count). The second-order valence-electron chi connectivity index (χ2n) is 5.14. The Morgan fingerprint density at radius 2 is 2.04 bits per heavy atom. The molecule has 118 valence electrons. The first-order valence-corrected chi connectivity index (χ1v) is 8.26. The zero-order valence-corrected chi connectivity index (χ0v) is 14.2. The van der Waals surface area contributed by atoms with E-state index in [1.54, 1.807) is 22.3 Å². The average Bonchev–Trinajstić information content (AvgIpc) is 3.14. The number of aromatic nitrogens is 3. The lowest BCUT2D eigenvalue weighted by atomic mass is 10.0. The van der Waals surface area contributed by atoms with Crippen LogP contribution in [0.5, 0.6) is 0 Å². The van der Waals surface area contributed by atoms with Gasteiger partial charge in [-0.1, -0.05) is 23.7 Å². The number of hydrogen-bond acceptors (Lipinski definition) is 4. The smallest absolute Gasteiger partial charge is 0.264 e. The van der Waals surface area contributed by atoms with Crippen molar-refractivity contribution in [3.8, 4) is 0 Å². The maximum Gasteiger partial charge on any atom is 0.264 e. The second kappa shape index (κ2) is 6.52. The third-order valence-corrected chi connectivity index (χ3v) is 4.64. The summed E-state index contributed by atoms with van der Waals surface area (Å²) in [6.07, 6.45) is 1.85. The fourth-order valence-electron chi connectivity index (χ4n) is 2.29. The number of rotatable bonds is 4. The topological polar surface area (TPSA) is 59.8 Å². The van der Waals surface area contributed by atoms with E-state index < -0.39 is 0 Å². The van der Waals surface area contributed by atoms with Crippen molar-refractivity contribution >= 4 is 28.8 Å². The molecular formula is C16H15ClN4OS. The fourth-order valence-corrected chi connectivity index (χ4v) is 3.12. The van der Waals surface area contributed by atoms with Gasteiger partial charge < -0.3 is 5.32 Å². The highest BCUT2D eigenvalue weighted by Crippen LogP contribution is 2.24. The monoisotopic (exact) mass is 346 g/mol. The van der Waals surface area contributed by atoms with E-state index in [1.165, 1.54) is 11.3 Å². The molecule has 7 heteroatoms. The zero-order valence-electron chi connectivity index (χ0n) is 12.7. The van der Waals surface area contributed by atoms with Crippen molar-refractivity contribution in [2.75, 3.05) is 0 Å². The maximum absolute atomic E-state index is 12.6. The van der Waals surface area contributed by atoms with Crippen LogP contribution in [-0.4, -0.2) is 20.7 Å². The standard InChI is InChI=1S/C16H15ClN4OS/c1-10-15(23-9-18-10)16(22)19-14(13-7-8-21(2)20-13)11-3-5-12(17)6-4-11/h3-9,14H,1-2H3,(H,19,22)/t14-/m1/s1. The molecule has 0 aliphatic carbocycles. The minimum Gasteiger partial charge on any atom is -0.339 e. The van der Waals surface area contributed by atoms with Gasteiger partial charge in [-0.25, -0.2) is 4.98 Å². The van der Waals surface area contributed by atoms with Crippen LogP contribution in [0.1, 0.15) is 32.7 Å². The quantitative estimate of drug-likeness (QED) is 0.788. The summed E-state index contributed by atoms with van der Waals surface area (Å²) in [5.74, 6) is -0.157. The number of carbonyl (C=O) groups excluding carboxylic acids is 1. The highest BCUT2D eigenvalue weighted by molar-refractivity contribution is 7.11. The summed E-state index contributed by atoms with van der Waals surface area (Å²) in [7, 11) is 1.84. The van der Waals surface area contributed by atoms with Gasteiger partial charge >= 0.3 is 0 Å². The molecule has 1 aromatic carbocycles. The van der Waals surface area contributed by atoms with Gasteiger partial charge in [0.1, 0.15) is 4.88 Å². The summed E-state index contributed by atoms with van der Waals surface area (Å²) in [6, 6.07) is 8.93. The molecule has 0 aliphatic heterocycles. The summed E-state index contributed by atoms with van der Waals surface area (Å²) >= 11 is 7.29. The Bertz CT molecular complexity index is 825. The van der Waals surface area contributed by atoms with E-state index in [9.17, 15) is 4.79 Å². The molecule has 1 atom stereocenters. The van der Waals surface area contributed by atoms with Crippen LogP contribution in [-0.2, 0) is 7.05 Å². The second-order valence-corrected chi connectivity index (χ2v) is 6.43. The van der Waals surface area contributed by atoms with Crippen LogP contribution in [0.3, 0.4) is 0 Å². The van der Waals surface area contributed by atoms with Crippen LogP contribution in [0.2, 0.25) is 5.02 Å². The van der Waals surface area contributed by atoms with Crippen molar-refractivity contribution in [1.29, 1.82) is 0 Å². The minimum atomic E-state index is -0.345. The first kappa shape index (κ1) is 15.7. The Hall–Kier alpha value is -2.18. The molecular weight excluding hydrogens is 332 g/mol. The van der Waals surface area contributed by atoms with Crippen molar-refractivity contribution in [3.05, 3.63) is 68.9 Å². The van der Waals surface area contributed by atoms with Crippen LogP contribution < -0.4 is 5.32 Å². The van der Waals surface area contributed by atoms with Gasteiger partial charge in [0.15, 0.2) is 0 Å². The van der Waals surface area contributed by atoms with E-state index in [4.69, 9.17) is 11.6 Å². The molecule has 0 saturated carbocycles. The van der Waals surface area contributed by atoms with Gasteiger partial charge in [0.25, 0.3) is 5.91 Å². The largest absolute Gasteiger partial charge is 0.339 e. The van der Waals surface area contributed by atoms with E-state index in [0.717, 1.165) is 17.0 Å². The number of amides is 1. The number of aryl methyl sites for hydroxylation is 2. The summed E-state index contributed by atoms with van der Waals surface area (Å²) in [6.45, 7) is 1.82. The van der Waals surface area contributed by atoms with Crippen molar-refractivity contribution in [1.82, 2.24) is 20.1 Å². The Labute approximate surface area is 142 Å². The third kappa shape index (κ3) is 3.43. The molecule has 2 aromatic heterocycles. The predicted molar refractivity (Wildman–Crippen MR) is 90.8 cm³/mol. The molecule has 2 heterocycles. The lowest BCUT2D eigenvalue weighted by Gasteiger charge is -2.17. The van der Waals surface area contributed by atoms with Gasteiger partial charge in [-0.3, -0.25) is 9.48 Å². The number of hydrogen-bond donors (Lipinski definition) is 1. The molecule has 0 saturated heterocycles. The predicted octanol–water partition coefficient (Wildman–Crippen LogP) is 3.36. The molecule has 1 amide bonds. The molecule has 3 aromatic rings. The highest BCUT2D eigenvalue weighted by Gasteiger charge is 2.22. The minimum absolute atomic E-state index is 0.157. The van der Waals surface area contributed by atoms with E-state index in [-0.39, 0.29) is 11.9 Å². The number of thiazole rings is 1. The van der Waals surface area contributed by atoms with Gasteiger partial charge in [0, 0.05) is 18.3 Å². The van der Waals surface area contributed by atoms with Crippen molar-refractivity contribution in [3.63, 3.8) is 0 Å². The molecule has 0 bridgehead atoms. The molecule has 0 aliphatic rings. The lowest BCUT2D eigenvalue weighted by molar-refractivity contribution is 0.0945. The van der Waals surface area contributed by atoms with Crippen LogP contribution in [0.15, 0.2) is 42.0 Å². The van der Waals surface area contributed by atoms with E-state index in [2.05, 4.69) is 15.4 Å². The van der Waals surface area contributed by atoms with Crippen LogP contribution in [0.4, 0.5) is 0 Å². The van der Waals surface area contributed by atoms with Gasteiger partial charge in [-0.2, -0.15) is 5.10 Å². The Kier molecular flexibility index (Phi) is 4.45. The normalized spacial score (nSPS) is 12.1. The average molecular weight is 347 g/mol. The van der Waals surface area contributed by atoms with E-state index in [0.29, 0.717) is 9.90 Å². The van der Waals surface area contributed by atoms with Crippen LogP contribution >= 0.6 is 22.9 Å². The summed E-state index contributed by atoms with van der Waals surface area (Å²) in [5, 5.41) is 8.11. The first-order valence-electron chi connectivity index (χ1n) is 7.00. The highest BCUT2D eigenvalue weighted by atomic mass is 35.5. The molecule has 0 unspecified atom stereocenters. The van der Waals surface area contributed by atoms with Crippen LogP contribution in [0.25, 0.3) is 0 Å². The molecule has 1 N–H and O–H groups in total. The van der Waals surface area contributed by atoms with E-state index in [1.807, 2.05) is 38.4 Å². The van der Waals surface area contributed by atoms with Crippen molar-refractivity contribution in [2.45, 2.75) is 13.0 Å². The van der Waals surface area contributed by atoms with Gasteiger partial charge in [0.05, 0.1) is 22.9 Å². The number of nitrogens with one attached hydrogen (secondary N) is 1.